The number of sulfonamides is 1. The van der Waals surface area contributed by atoms with E-state index in [9.17, 15) is 27.6 Å². The van der Waals surface area contributed by atoms with Gasteiger partial charge in [-0.1, -0.05) is 0 Å². The average Bonchev–Trinajstić information content (AvgIpc) is 2.66. The molecule has 0 aliphatic carbocycles. The van der Waals surface area contributed by atoms with E-state index in [1.807, 2.05) is 6.26 Å². The van der Waals surface area contributed by atoms with Crippen molar-refractivity contribution in [3.63, 3.8) is 0 Å². The van der Waals surface area contributed by atoms with E-state index in [0.29, 0.717) is 5.75 Å². The van der Waals surface area contributed by atoms with E-state index >= 15 is 0 Å². The van der Waals surface area contributed by atoms with Gasteiger partial charge in [0.15, 0.2) is 0 Å². The minimum atomic E-state index is -3.88. The standard InChI is InChI=1S/C16H22N4O7S2/c1-28-7-6-12(16(24)25)20-14(22)9-18-13(21)8-19-15(23)10-2-4-11(5-3-10)29(17,26)27/h2-5,12H,6-9H2,1H3,(H,18,21)(H,19,23)(H,20,22)(H,24,25)(H2,17,26,27). The van der Waals surface area contributed by atoms with Gasteiger partial charge < -0.3 is 21.1 Å². The lowest BCUT2D eigenvalue weighted by Gasteiger charge is -2.14. The van der Waals surface area contributed by atoms with Gasteiger partial charge in [0.25, 0.3) is 5.91 Å². The summed E-state index contributed by atoms with van der Waals surface area (Å²) in [5.74, 6) is -2.58. The maximum atomic E-state index is 12.0. The molecular formula is C16H22N4O7S2. The average molecular weight is 447 g/mol. The molecule has 0 aromatic heterocycles. The Morgan fingerprint density at radius 1 is 1.07 bits per heavy atom. The molecule has 0 heterocycles. The maximum Gasteiger partial charge on any atom is 0.326 e. The summed E-state index contributed by atoms with van der Waals surface area (Å²) in [6, 6.07) is 3.74. The number of carboxylic acid groups (broad SMARTS) is 1. The van der Waals surface area contributed by atoms with Gasteiger partial charge in [0, 0.05) is 5.56 Å². The van der Waals surface area contributed by atoms with E-state index in [2.05, 4.69) is 16.0 Å². The molecule has 0 aliphatic rings. The van der Waals surface area contributed by atoms with Crippen LogP contribution in [0.4, 0.5) is 0 Å². The van der Waals surface area contributed by atoms with Crippen LogP contribution in [0.1, 0.15) is 16.8 Å². The van der Waals surface area contributed by atoms with Crippen molar-refractivity contribution in [3.05, 3.63) is 29.8 Å². The van der Waals surface area contributed by atoms with E-state index in [4.69, 9.17) is 10.2 Å². The number of benzene rings is 1. The largest absolute Gasteiger partial charge is 0.480 e. The van der Waals surface area contributed by atoms with Crippen LogP contribution in [0.2, 0.25) is 0 Å². The topological polar surface area (TPSA) is 185 Å². The molecule has 160 valence electrons. The van der Waals surface area contributed by atoms with Crippen molar-refractivity contribution in [2.45, 2.75) is 17.4 Å². The monoisotopic (exact) mass is 446 g/mol. The predicted molar refractivity (Wildman–Crippen MR) is 106 cm³/mol. The third-order valence-corrected chi connectivity index (χ3v) is 5.12. The van der Waals surface area contributed by atoms with Crippen molar-refractivity contribution in [1.29, 1.82) is 0 Å². The first kappa shape index (κ1) is 24.4. The Balaban J connectivity index is 2.43. The van der Waals surface area contributed by atoms with Crippen molar-refractivity contribution < 1.29 is 32.7 Å². The van der Waals surface area contributed by atoms with Gasteiger partial charge in [0.1, 0.15) is 6.04 Å². The number of rotatable bonds is 11. The molecule has 0 bridgehead atoms. The SMILES string of the molecule is CSCCC(NC(=O)CNC(=O)CNC(=O)c1ccc(S(N)(=O)=O)cc1)C(=O)O. The molecule has 3 amide bonds. The van der Waals surface area contributed by atoms with E-state index in [-0.39, 0.29) is 16.9 Å². The first-order chi connectivity index (χ1) is 13.5. The van der Waals surface area contributed by atoms with Crippen LogP contribution < -0.4 is 21.1 Å². The van der Waals surface area contributed by atoms with Crippen LogP contribution in [0.3, 0.4) is 0 Å². The van der Waals surface area contributed by atoms with Crippen molar-refractivity contribution in [2.75, 3.05) is 25.1 Å². The minimum absolute atomic E-state index is 0.112. The Bertz CT molecular complexity index is 857. The second-order valence-electron chi connectivity index (χ2n) is 5.77. The van der Waals surface area contributed by atoms with Gasteiger partial charge in [-0.2, -0.15) is 11.8 Å². The summed E-state index contributed by atoms with van der Waals surface area (Å²) in [5, 5.41) is 20.9. The summed E-state index contributed by atoms with van der Waals surface area (Å²) in [4.78, 5) is 46.4. The zero-order valence-electron chi connectivity index (χ0n) is 15.5. The number of nitrogens with one attached hydrogen (secondary N) is 3. The number of primary sulfonamides is 1. The molecule has 29 heavy (non-hydrogen) atoms. The molecule has 0 radical (unpaired) electrons. The van der Waals surface area contributed by atoms with E-state index in [0.717, 1.165) is 12.1 Å². The number of thioether (sulfide) groups is 1. The first-order valence-corrected chi connectivity index (χ1v) is 11.2. The molecule has 1 unspecified atom stereocenters. The Morgan fingerprint density at radius 2 is 1.66 bits per heavy atom. The molecule has 13 heteroatoms. The highest BCUT2D eigenvalue weighted by Crippen LogP contribution is 2.08. The van der Waals surface area contributed by atoms with Crippen molar-refractivity contribution in [3.8, 4) is 0 Å². The number of carbonyl (C=O) groups excluding carboxylic acids is 3. The zero-order valence-corrected chi connectivity index (χ0v) is 17.1. The second kappa shape index (κ2) is 11.4. The molecule has 1 aromatic rings. The Hall–Kier alpha value is -2.64. The smallest absolute Gasteiger partial charge is 0.326 e. The van der Waals surface area contributed by atoms with Crippen LogP contribution >= 0.6 is 11.8 Å². The molecule has 1 atom stereocenters. The quantitative estimate of drug-likeness (QED) is 0.272. The van der Waals surface area contributed by atoms with Crippen LogP contribution in [0, 0.1) is 0 Å². The van der Waals surface area contributed by atoms with Crippen LogP contribution in [0.25, 0.3) is 0 Å². The normalized spacial score (nSPS) is 11.9. The summed E-state index contributed by atoms with van der Waals surface area (Å²) in [5.41, 5.74) is 0.112. The Kier molecular flexibility index (Phi) is 9.58. The lowest BCUT2D eigenvalue weighted by atomic mass is 10.2. The highest BCUT2D eigenvalue weighted by Gasteiger charge is 2.19. The summed E-state index contributed by atoms with van der Waals surface area (Å²) < 4.78 is 22.3. The number of hydrogen-bond donors (Lipinski definition) is 5. The summed E-state index contributed by atoms with van der Waals surface area (Å²) >= 11 is 1.44. The maximum absolute atomic E-state index is 12.0. The molecule has 0 spiro atoms. The molecule has 1 rings (SSSR count). The number of nitrogens with two attached hydrogens (primary N) is 1. The molecule has 1 aromatic carbocycles. The summed E-state index contributed by atoms with van der Waals surface area (Å²) in [6.07, 6.45) is 2.06. The van der Waals surface area contributed by atoms with E-state index in [1.54, 1.807) is 0 Å². The Morgan fingerprint density at radius 3 is 2.17 bits per heavy atom. The van der Waals surface area contributed by atoms with Gasteiger partial charge in [-0.05, 0) is 42.7 Å². The van der Waals surface area contributed by atoms with Gasteiger partial charge in [-0.15, -0.1) is 0 Å². The van der Waals surface area contributed by atoms with E-state index in [1.165, 1.54) is 23.9 Å². The number of aliphatic carboxylic acids is 1. The molecular weight excluding hydrogens is 424 g/mol. The van der Waals surface area contributed by atoms with Crippen LogP contribution in [-0.2, 0) is 24.4 Å². The minimum Gasteiger partial charge on any atom is -0.480 e. The lowest BCUT2D eigenvalue weighted by molar-refractivity contribution is -0.141. The highest BCUT2D eigenvalue weighted by atomic mass is 32.2. The van der Waals surface area contributed by atoms with Crippen molar-refractivity contribution in [2.24, 2.45) is 5.14 Å². The predicted octanol–water partition coefficient (Wildman–Crippen LogP) is -1.50. The fourth-order valence-corrected chi connectivity index (χ4v) is 3.03. The fraction of sp³-hybridized carbons (Fsp3) is 0.375. The van der Waals surface area contributed by atoms with Crippen LogP contribution in [0.5, 0.6) is 0 Å². The van der Waals surface area contributed by atoms with Gasteiger partial charge >= 0.3 is 5.97 Å². The molecule has 0 fully saturated rings. The molecule has 11 nitrogen and oxygen atoms in total. The fourth-order valence-electron chi connectivity index (χ4n) is 2.04. The van der Waals surface area contributed by atoms with Crippen LogP contribution in [-0.4, -0.2) is 68.4 Å². The number of amides is 3. The number of carbonyl (C=O) groups is 4. The zero-order chi connectivity index (χ0) is 22.0. The number of hydrogen-bond acceptors (Lipinski definition) is 7. The van der Waals surface area contributed by atoms with Gasteiger partial charge in [0.05, 0.1) is 18.0 Å². The summed E-state index contributed by atoms with van der Waals surface area (Å²) in [6.45, 7) is -0.876. The third kappa shape index (κ3) is 8.93. The molecule has 0 saturated heterocycles. The van der Waals surface area contributed by atoms with Crippen LogP contribution in [0.15, 0.2) is 29.2 Å². The molecule has 0 aliphatic heterocycles. The highest BCUT2D eigenvalue weighted by molar-refractivity contribution is 7.98. The summed E-state index contributed by atoms with van der Waals surface area (Å²) in [7, 11) is -3.88. The van der Waals surface area contributed by atoms with Gasteiger partial charge in [0.2, 0.25) is 21.8 Å². The number of carboxylic acids is 1. The van der Waals surface area contributed by atoms with E-state index < -0.39 is 52.8 Å². The van der Waals surface area contributed by atoms with Gasteiger partial charge in [-0.3, -0.25) is 14.4 Å². The van der Waals surface area contributed by atoms with Gasteiger partial charge in [-0.25, -0.2) is 18.4 Å². The first-order valence-electron chi connectivity index (χ1n) is 8.23. The second-order valence-corrected chi connectivity index (χ2v) is 8.32. The Labute approximate surface area is 171 Å². The molecule has 0 saturated carbocycles. The van der Waals surface area contributed by atoms with Crippen molar-refractivity contribution in [1.82, 2.24) is 16.0 Å². The van der Waals surface area contributed by atoms with Crippen molar-refractivity contribution >= 4 is 45.5 Å². The lowest BCUT2D eigenvalue weighted by Crippen LogP contribution is -2.47. The third-order valence-electron chi connectivity index (χ3n) is 3.54. The molecule has 6 N–H and O–H groups in total.